The van der Waals surface area contributed by atoms with Crippen LogP contribution in [0.1, 0.15) is 33.6 Å². The van der Waals surface area contributed by atoms with E-state index in [0.29, 0.717) is 17.7 Å². The number of esters is 2. The van der Waals surface area contributed by atoms with Crippen molar-refractivity contribution in [1.82, 2.24) is 4.90 Å². The van der Waals surface area contributed by atoms with Gasteiger partial charge in [0.1, 0.15) is 0 Å². The number of carbonyl (C=O) groups is 2. The fourth-order valence-corrected chi connectivity index (χ4v) is 3.84. The Labute approximate surface area is 152 Å². The minimum Gasteiger partial charge on any atom is -0.453 e. The molecule has 2 aromatic carbocycles. The van der Waals surface area contributed by atoms with Gasteiger partial charge in [0.15, 0.2) is 12.2 Å². The normalized spacial score (nSPS) is 24.8. The zero-order chi connectivity index (χ0) is 17.9. The Morgan fingerprint density at radius 3 is 2.04 bits per heavy atom. The number of fused-ring (bicyclic) bond motifs is 1. The van der Waals surface area contributed by atoms with E-state index in [4.69, 9.17) is 9.47 Å². The Kier molecular flexibility index (Phi) is 4.71. The Morgan fingerprint density at radius 1 is 0.846 bits per heavy atom. The van der Waals surface area contributed by atoms with Crippen molar-refractivity contribution in [2.45, 2.75) is 31.1 Å². The van der Waals surface area contributed by atoms with Crippen molar-refractivity contribution in [2.24, 2.45) is 0 Å². The van der Waals surface area contributed by atoms with Gasteiger partial charge in [-0.3, -0.25) is 4.90 Å². The molecule has 0 radical (unpaired) electrons. The molecule has 0 unspecified atom stereocenters. The Hall–Kier alpha value is -2.66. The molecule has 26 heavy (non-hydrogen) atoms. The number of hydrogen-bond acceptors (Lipinski definition) is 5. The molecule has 134 valence electrons. The molecular formula is C21H21NO4. The van der Waals surface area contributed by atoms with Crippen LogP contribution >= 0.6 is 0 Å². The van der Waals surface area contributed by atoms with Crippen LogP contribution in [0.5, 0.6) is 0 Å². The molecule has 5 nitrogen and oxygen atoms in total. The van der Waals surface area contributed by atoms with Gasteiger partial charge in [-0.15, -0.1) is 0 Å². The SMILES string of the molecule is O=C(O[C@H]1[C@H]2CCCN2C[C@H]1OC(=O)c1ccccc1)c1ccccc1. The topological polar surface area (TPSA) is 55.8 Å². The largest absolute Gasteiger partial charge is 0.453 e. The van der Waals surface area contributed by atoms with Gasteiger partial charge in [0.2, 0.25) is 0 Å². The molecule has 0 aliphatic carbocycles. The third-order valence-corrected chi connectivity index (χ3v) is 5.09. The minimum atomic E-state index is -0.444. The lowest BCUT2D eigenvalue weighted by atomic mass is 10.1. The second-order valence-corrected chi connectivity index (χ2v) is 6.75. The third kappa shape index (κ3) is 3.35. The van der Waals surface area contributed by atoms with E-state index in [0.717, 1.165) is 19.4 Å². The number of nitrogens with zero attached hydrogens (tertiary/aromatic N) is 1. The quantitative estimate of drug-likeness (QED) is 0.793. The summed E-state index contributed by atoms with van der Waals surface area (Å²) in [6, 6.07) is 18.0. The number of rotatable bonds is 4. The zero-order valence-electron chi connectivity index (χ0n) is 14.4. The molecule has 3 atom stereocenters. The number of carbonyl (C=O) groups excluding carboxylic acids is 2. The van der Waals surface area contributed by atoms with E-state index in [1.54, 1.807) is 48.5 Å². The van der Waals surface area contributed by atoms with Crippen molar-refractivity contribution in [2.75, 3.05) is 13.1 Å². The molecule has 2 fully saturated rings. The lowest BCUT2D eigenvalue weighted by Crippen LogP contribution is -2.38. The molecule has 0 aromatic heterocycles. The van der Waals surface area contributed by atoms with Crippen LogP contribution in [-0.4, -0.2) is 48.2 Å². The van der Waals surface area contributed by atoms with Crippen molar-refractivity contribution in [3.05, 3.63) is 71.8 Å². The Morgan fingerprint density at radius 2 is 1.42 bits per heavy atom. The van der Waals surface area contributed by atoms with Gasteiger partial charge in [0, 0.05) is 6.54 Å². The second kappa shape index (κ2) is 7.30. The predicted molar refractivity (Wildman–Crippen MR) is 95.9 cm³/mol. The maximum Gasteiger partial charge on any atom is 0.338 e. The molecule has 2 heterocycles. The summed E-state index contributed by atoms with van der Waals surface area (Å²) in [6.07, 6.45) is 1.15. The highest BCUT2D eigenvalue weighted by Crippen LogP contribution is 2.32. The van der Waals surface area contributed by atoms with Crippen LogP contribution < -0.4 is 0 Å². The van der Waals surface area contributed by atoms with Crippen LogP contribution in [0.3, 0.4) is 0 Å². The molecule has 0 saturated carbocycles. The van der Waals surface area contributed by atoms with Crippen molar-refractivity contribution >= 4 is 11.9 Å². The van der Waals surface area contributed by atoms with Crippen molar-refractivity contribution in [3.8, 4) is 0 Å². The van der Waals surface area contributed by atoms with Gasteiger partial charge in [-0.2, -0.15) is 0 Å². The summed E-state index contributed by atoms with van der Waals surface area (Å²) in [5.74, 6) is -0.748. The van der Waals surface area contributed by atoms with Gasteiger partial charge < -0.3 is 9.47 Å². The average Bonchev–Trinajstić information content (AvgIpc) is 3.26. The van der Waals surface area contributed by atoms with Gasteiger partial charge >= 0.3 is 11.9 Å². The zero-order valence-corrected chi connectivity index (χ0v) is 14.4. The fourth-order valence-electron chi connectivity index (χ4n) is 3.84. The van der Waals surface area contributed by atoms with E-state index < -0.39 is 12.2 Å². The summed E-state index contributed by atoms with van der Waals surface area (Å²) < 4.78 is 11.5. The summed E-state index contributed by atoms with van der Waals surface area (Å²) >= 11 is 0. The van der Waals surface area contributed by atoms with Crippen LogP contribution in [0.2, 0.25) is 0 Å². The molecule has 2 aliphatic heterocycles. The molecule has 0 amide bonds. The van der Waals surface area contributed by atoms with Crippen molar-refractivity contribution < 1.29 is 19.1 Å². The Balaban J connectivity index is 1.50. The summed E-state index contributed by atoms with van der Waals surface area (Å²) in [6.45, 7) is 1.55. The summed E-state index contributed by atoms with van der Waals surface area (Å²) in [5, 5.41) is 0. The maximum atomic E-state index is 12.5. The molecular weight excluding hydrogens is 330 g/mol. The molecule has 0 spiro atoms. The summed E-state index contributed by atoms with van der Waals surface area (Å²) in [7, 11) is 0. The predicted octanol–water partition coefficient (Wildman–Crippen LogP) is 2.92. The van der Waals surface area contributed by atoms with E-state index in [2.05, 4.69) is 4.90 Å². The van der Waals surface area contributed by atoms with Crippen molar-refractivity contribution in [3.63, 3.8) is 0 Å². The van der Waals surface area contributed by atoms with Gasteiger partial charge in [-0.05, 0) is 43.7 Å². The van der Waals surface area contributed by atoms with Gasteiger partial charge in [-0.25, -0.2) is 9.59 Å². The first-order valence-electron chi connectivity index (χ1n) is 8.98. The van der Waals surface area contributed by atoms with E-state index in [1.807, 2.05) is 12.1 Å². The van der Waals surface area contributed by atoms with Crippen LogP contribution in [0.4, 0.5) is 0 Å². The Bertz CT molecular complexity index is 777. The molecule has 4 rings (SSSR count). The maximum absolute atomic E-state index is 12.5. The highest BCUT2D eigenvalue weighted by molar-refractivity contribution is 5.90. The number of hydrogen-bond donors (Lipinski definition) is 0. The van der Waals surface area contributed by atoms with Crippen LogP contribution in [0, 0.1) is 0 Å². The first-order chi connectivity index (χ1) is 12.7. The highest BCUT2D eigenvalue weighted by Gasteiger charge is 2.48. The summed E-state index contributed by atoms with van der Waals surface area (Å²) in [5.41, 5.74) is 1.02. The van der Waals surface area contributed by atoms with Crippen LogP contribution in [0.15, 0.2) is 60.7 Å². The lowest BCUT2D eigenvalue weighted by Gasteiger charge is -2.23. The number of benzene rings is 2. The van der Waals surface area contributed by atoms with Gasteiger partial charge in [-0.1, -0.05) is 36.4 Å². The molecule has 0 N–H and O–H groups in total. The molecule has 0 bridgehead atoms. The second-order valence-electron chi connectivity index (χ2n) is 6.75. The van der Waals surface area contributed by atoms with Crippen molar-refractivity contribution in [1.29, 1.82) is 0 Å². The first kappa shape index (κ1) is 16.8. The van der Waals surface area contributed by atoms with Crippen LogP contribution in [-0.2, 0) is 9.47 Å². The van der Waals surface area contributed by atoms with E-state index in [-0.39, 0.29) is 18.0 Å². The minimum absolute atomic E-state index is 0.122. The smallest absolute Gasteiger partial charge is 0.338 e. The van der Waals surface area contributed by atoms with E-state index >= 15 is 0 Å². The summed E-state index contributed by atoms with van der Waals surface area (Å²) in [4.78, 5) is 27.2. The lowest BCUT2D eigenvalue weighted by molar-refractivity contribution is -0.0254. The fraction of sp³-hybridized carbons (Fsp3) is 0.333. The monoisotopic (exact) mass is 351 g/mol. The number of ether oxygens (including phenoxy) is 2. The standard InChI is InChI=1S/C21H21NO4/c23-20(15-8-3-1-4-9-15)25-18-14-22-13-7-12-17(22)19(18)26-21(24)16-10-5-2-6-11-16/h1-6,8-11,17-19H,7,12-14H2/t17-,18-,19+/m1/s1. The molecule has 2 saturated heterocycles. The molecule has 2 aliphatic rings. The third-order valence-electron chi connectivity index (χ3n) is 5.09. The molecule has 2 aromatic rings. The van der Waals surface area contributed by atoms with Gasteiger partial charge in [0.05, 0.1) is 17.2 Å². The highest BCUT2D eigenvalue weighted by atomic mass is 16.6. The molecule has 5 heteroatoms. The van der Waals surface area contributed by atoms with E-state index in [9.17, 15) is 9.59 Å². The first-order valence-corrected chi connectivity index (χ1v) is 8.98. The van der Waals surface area contributed by atoms with E-state index in [1.165, 1.54) is 0 Å². The average molecular weight is 351 g/mol. The van der Waals surface area contributed by atoms with Gasteiger partial charge in [0.25, 0.3) is 0 Å². The van der Waals surface area contributed by atoms with Crippen LogP contribution in [0.25, 0.3) is 0 Å².